The van der Waals surface area contributed by atoms with Crippen LogP contribution in [0, 0.1) is 6.92 Å². The van der Waals surface area contributed by atoms with Crippen molar-refractivity contribution in [2.45, 2.75) is 44.8 Å². The Bertz CT molecular complexity index is 885. The van der Waals surface area contributed by atoms with Gasteiger partial charge in [0.15, 0.2) is 0 Å². The molecule has 27 heavy (non-hydrogen) atoms. The SMILES string of the molecule is COC(=O)c1cc(CNCc2ccc(S(=O)(=O)N(C)C(C)C)cc2)oc1C. The Balaban J connectivity index is 1.97. The second-order valence-electron chi connectivity index (χ2n) is 6.54. The minimum Gasteiger partial charge on any atom is -0.465 e. The summed E-state index contributed by atoms with van der Waals surface area (Å²) < 4.78 is 36.5. The van der Waals surface area contributed by atoms with E-state index >= 15 is 0 Å². The van der Waals surface area contributed by atoms with E-state index in [0.717, 1.165) is 5.56 Å². The molecule has 0 aliphatic heterocycles. The van der Waals surface area contributed by atoms with E-state index in [2.05, 4.69) is 5.32 Å². The lowest BCUT2D eigenvalue weighted by Gasteiger charge is -2.21. The number of carbonyl (C=O) groups excluding carboxylic acids is 1. The molecule has 0 atom stereocenters. The van der Waals surface area contributed by atoms with Crippen molar-refractivity contribution in [3.63, 3.8) is 0 Å². The minimum atomic E-state index is -3.48. The minimum absolute atomic E-state index is 0.108. The van der Waals surface area contributed by atoms with E-state index in [9.17, 15) is 13.2 Å². The molecule has 8 heteroatoms. The van der Waals surface area contributed by atoms with Crippen LogP contribution < -0.4 is 5.32 Å². The summed E-state index contributed by atoms with van der Waals surface area (Å²) in [6.45, 7) is 6.35. The zero-order valence-electron chi connectivity index (χ0n) is 16.3. The number of hydrogen-bond acceptors (Lipinski definition) is 6. The van der Waals surface area contributed by atoms with Crippen LogP contribution in [-0.2, 0) is 27.8 Å². The standard InChI is InChI=1S/C19H26N2O5S/c1-13(2)21(4)27(23,24)17-8-6-15(7-9-17)11-20-12-16-10-18(14(3)26-16)19(22)25-5/h6-10,13,20H,11-12H2,1-5H3. The Morgan fingerprint density at radius 3 is 2.41 bits per heavy atom. The van der Waals surface area contributed by atoms with Crippen molar-refractivity contribution in [2.24, 2.45) is 0 Å². The number of rotatable bonds is 8. The van der Waals surface area contributed by atoms with Crippen molar-refractivity contribution in [3.8, 4) is 0 Å². The number of methoxy groups -OCH3 is 1. The molecule has 1 N–H and O–H groups in total. The maximum atomic E-state index is 12.5. The fourth-order valence-electron chi connectivity index (χ4n) is 2.50. The molecule has 0 fully saturated rings. The lowest BCUT2D eigenvalue weighted by molar-refractivity contribution is 0.0599. The van der Waals surface area contributed by atoms with E-state index in [4.69, 9.17) is 9.15 Å². The number of furan rings is 1. The predicted octanol–water partition coefficient (Wildman–Crippen LogP) is 2.69. The smallest absolute Gasteiger partial charge is 0.341 e. The molecule has 1 aromatic heterocycles. The first-order chi connectivity index (χ1) is 12.7. The number of carbonyl (C=O) groups is 1. The van der Waals surface area contributed by atoms with Gasteiger partial charge in [-0.25, -0.2) is 13.2 Å². The van der Waals surface area contributed by atoms with Crippen LogP contribution in [0.25, 0.3) is 0 Å². The summed E-state index contributed by atoms with van der Waals surface area (Å²) >= 11 is 0. The second-order valence-corrected chi connectivity index (χ2v) is 8.53. The molecule has 2 rings (SSSR count). The number of sulfonamides is 1. The van der Waals surface area contributed by atoms with Gasteiger partial charge in [0, 0.05) is 19.6 Å². The number of hydrogen-bond donors (Lipinski definition) is 1. The molecule has 0 saturated carbocycles. The lowest BCUT2D eigenvalue weighted by Crippen LogP contribution is -2.33. The van der Waals surface area contributed by atoms with Crippen LogP contribution in [0.1, 0.15) is 41.3 Å². The van der Waals surface area contributed by atoms with Gasteiger partial charge in [0.2, 0.25) is 10.0 Å². The zero-order chi connectivity index (χ0) is 20.2. The van der Waals surface area contributed by atoms with Crippen LogP contribution in [0.3, 0.4) is 0 Å². The van der Waals surface area contributed by atoms with Gasteiger partial charge in [0.05, 0.1) is 18.6 Å². The molecule has 2 aromatic rings. The van der Waals surface area contributed by atoms with Gasteiger partial charge >= 0.3 is 5.97 Å². The topological polar surface area (TPSA) is 88.8 Å². The van der Waals surface area contributed by atoms with Gasteiger partial charge in [-0.1, -0.05) is 12.1 Å². The van der Waals surface area contributed by atoms with E-state index in [1.807, 2.05) is 13.8 Å². The second kappa shape index (κ2) is 8.69. The molecule has 0 saturated heterocycles. The highest BCUT2D eigenvalue weighted by Crippen LogP contribution is 2.18. The number of nitrogens with one attached hydrogen (secondary N) is 1. The number of esters is 1. The number of nitrogens with zero attached hydrogens (tertiary/aromatic N) is 1. The van der Waals surface area contributed by atoms with Gasteiger partial charge in [-0.15, -0.1) is 0 Å². The molecule has 0 amide bonds. The van der Waals surface area contributed by atoms with Gasteiger partial charge in [-0.2, -0.15) is 4.31 Å². The van der Waals surface area contributed by atoms with Crippen LogP contribution in [-0.4, -0.2) is 38.9 Å². The summed E-state index contributed by atoms with van der Waals surface area (Å²) in [7, 11) is -0.575. The van der Waals surface area contributed by atoms with Gasteiger partial charge in [0.1, 0.15) is 17.1 Å². The summed E-state index contributed by atoms with van der Waals surface area (Å²) in [6.07, 6.45) is 0. The quantitative estimate of drug-likeness (QED) is 0.693. The molecule has 0 unspecified atom stereocenters. The van der Waals surface area contributed by atoms with E-state index in [-0.39, 0.29) is 10.9 Å². The fraction of sp³-hybridized carbons (Fsp3) is 0.421. The molecule has 0 bridgehead atoms. The number of benzene rings is 1. The number of aryl methyl sites for hydroxylation is 1. The normalized spacial score (nSPS) is 12.0. The van der Waals surface area contributed by atoms with E-state index < -0.39 is 16.0 Å². The summed E-state index contributed by atoms with van der Waals surface area (Å²) in [5.41, 5.74) is 1.36. The van der Waals surface area contributed by atoms with Crippen LogP contribution in [0.4, 0.5) is 0 Å². The molecule has 0 aliphatic carbocycles. The van der Waals surface area contributed by atoms with Crippen molar-refractivity contribution in [1.29, 1.82) is 0 Å². The molecule has 148 valence electrons. The van der Waals surface area contributed by atoms with Crippen LogP contribution in [0.15, 0.2) is 39.6 Å². The van der Waals surface area contributed by atoms with E-state index in [1.165, 1.54) is 11.4 Å². The maximum Gasteiger partial charge on any atom is 0.341 e. The molecular weight excluding hydrogens is 368 g/mol. The first kappa shape index (κ1) is 21.1. The molecule has 0 spiro atoms. The average Bonchev–Trinajstić information content (AvgIpc) is 3.01. The molecule has 0 aliphatic rings. The van der Waals surface area contributed by atoms with Gasteiger partial charge in [0.25, 0.3) is 0 Å². The molecular formula is C19H26N2O5S. The van der Waals surface area contributed by atoms with Crippen molar-refractivity contribution in [2.75, 3.05) is 14.2 Å². The fourth-order valence-corrected chi connectivity index (χ4v) is 3.86. The Kier molecular flexibility index (Phi) is 6.80. The Labute approximate surface area is 160 Å². The summed E-state index contributed by atoms with van der Waals surface area (Å²) in [6, 6.07) is 8.33. The van der Waals surface area contributed by atoms with E-state index in [0.29, 0.717) is 30.2 Å². The summed E-state index contributed by atoms with van der Waals surface area (Å²) in [4.78, 5) is 11.9. The van der Waals surface area contributed by atoms with Crippen molar-refractivity contribution in [3.05, 3.63) is 53.0 Å². The Morgan fingerprint density at radius 2 is 1.85 bits per heavy atom. The first-order valence-corrected chi connectivity index (χ1v) is 10.1. The predicted molar refractivity (Wildman–Crippen MR) is 102 cm³/mol. The lowest BCUT2D eigenvalue weighted by atomic mass is 10.2. The molecule has 1 heterocycles. The molecule has 1 aromatic carbocycles. The van der Waals surface area contributed by atoms with Crippen LogP contribution in [0.5, 0.6) is 0 Å². The third-order valence-electron chi connectivity index (χ3n) is 4.33. The van der Waals surface area contributed by atoms with Gasteiger partial charge < -0.3 is 14.5 Å². The van der Waals surface area contributed by atoms with Gasteiger partial charge in [-0.3, -0.25) is 0 Å². The molecule has 0 radical (unpaired) electrons. The number of ether oxygens (including phenoxy) is 1. The first-order valence-electron chi connectivity index (χ1n) is 8.62. The highest BCUT2D eigenvalue weighted by Gasteiger charge is 2.22. The van der Waals surface area contributed by atoms with E-state index in [1.54, 1.807) is 44.3 Å². The Morgan fingerprint density at radius 1 is 1.22 bits per heavy atom. The van der Waals surface area contributed by atoms with Crippen molar-refractivity contribution in [1.82, 2.24) is 9.62 Å². The monoisotopic (exact) mass is 394 g/mol. The highest BCUT2D eigenvalue weighted by molar-refractivity contribution is 7.89. The zero-order valence-corrected chi connectivity index (χ0v) is 17.1. The van der Waals surface area contributed by atoms with Crippen molar-refractivity contribution >= 4 is 16.0 Å². The summed E-state index contributed by atoms with van der Waals surface area (Å²) in [5.74, 6) is 0.721. The van der Waals surface area contributed by atoms with Gasteiger partial charge in [-0.05, 0) is 44.5 Å². The largest absolute Gasteiger partial charge is 0.465 e. The van der Waals surface area contributed by atoms with Crippen molar-refractivity contribution < 1.29 is 22.4 Å². The maximum absolute atomic E-state index is 12.5. The average molecular weight is 394 g/mol. The third-order valence-corrected chi connectivity index (χ3v) is 6.38. The Hall–Kier alpha value is -2.16. The van der Waals surface area contributed by atoms with Crippen LogP contribution >= 0.6 is 0 Å². The third kappa shape index (κ3) is 4.97. The highest BCUT2D eigenvalue weighted by atomic mass is 32.2. The van der Waals surface area contributed by atoms with Crippen LogP contribution in [0.2, 0.25) is 0 Å². The molecule has 7 nitrogen and oxygen atoms in total. The summed E-state index contributed by atoms with van der Waals surface area (Å²) in [5, 5.41) is 3.21.